The van der Waals surface area contributed by atoms with Gasteiger partial charge in [-0.05, 0) is 62.4 Å². The van der Waals surface area contributed by atoms with Crippen molar-refractivity contribution in [1.82, 2.24) is 14.4 Å². The number of rotatable bonds is 3. The van der Waals surface area contributed by atoms with Crippen LogP contribution in [0.25, 0.3) is 5.69 Å². The first kappa shape index (κ1) is 21.1. The smallest absolute Gasteiger partial charge is 0.267 e. The molecule has 5 rings (SSSR count). The molecule has 0 bridgehead atoms. The van der Waals surface area contributed by atoms with Crippen LogP contribution in [0.1, 0.15) is 21.7 Å². The van der Waals surface area contributed by atoms with E-state index in [0.29, 0.717) is 43.2 Å². The number of piperazine rings is 1. The molecule has 0 saturated carbocycles. The van der Waals surface area contributed by atoms with Crippen LogP contribution in [0, 0.1) is 13.8 Å². The van der Waals surface area contributed by atoms with Crippen molar-refractivity contribution in [2.24, 2.45) is 0 Å². The minimum atomic E-state index is -0.657. The first-order valence-corrected chi connectivity index (χ1v) is 11.2. The maximum absolute atomic E-state index is 13.0. The van der Waals surface area contributed by atoms with Gasteiger partial charge in [-0.15, -0.1) is 0 Å². The molecule has 2 aliphatic rings. The highest BCUT2D eigenvalue weighted by molar-refractivity contribution is 5.94. The normalized spacial score (nSPS) is 17.7. The van der Waals surface area contributed by atoms with Crippen molar-refractivity contribution in [1.29, 1.82) is 0 Å². The van der Waals surface area contributed by atoms with Crippen molar-refractivity contribution in [3.8, 4) is 17.2 Å². The van der Waals surface area contributed by atoms with Gasteiger partial charge >= 0.3 is 0 Å². The predicted octanol–water partition coefficient (Wildman–Crippen LogP) is 3.22. The van der Waals surface area contributed by atoms with Gasteiger partial charge in [0.05, 0.1) is 0 Å². The van der Waals surface area contributed by atoms with Gasteiger partial charge in [0.2, 0.25) is 6.10 Å². The minimum Gasteiger partial charge on any atom is -0.485 e. The molecule has 0 N–H and O–H groups in total. The number of amides is 2. The highest BCUT2D eigenvalue weighted by Gasteiger charge is 2.33. The number of benzene rings is 2. The van der Waals surface area contributed by atoms with Gasteiger partial charge in [-0.25, -0.2) is 0 Å². The zero-order chi connectivity index (χ0) is 22.9. The van der Waals surface area contributed by atoms with Crippen molar-refractivity contribution in [2.75, 3.05) is 32.8 Å². The second-order valence-corrected chi connectivity index (χ2v) is 8.48. The van der Waals surface area contributed by atoms with E-state index in [1.54, 1.807) is 15.9 Å². The zero-order valence-electron chi connectivity index (χ0n) is 18.9. The Hall–Kier alpha value is -3.74. The van der Waals surface area contributed by atoms with Gasteiger partial charge in [0.15, 0.2) is 11.5 Å². The summed E-state index contributed by atoms with van der Waals surface area (Å²) in [6, 6.07) is 19.2. The number of hydrogen-bond acceptors (Lipinski definition) is 4. The Kier molecular flexibility index (Phi) is 5.54. The Balaban J connectivity index is 1.19. The molecule has 1 fully saturated rings. The molecule has 170 valence electrons. The summed E-state index contributed by atoms with van der Waals surface area (Å²) < 4.78 is 13.7. The fourth-order valence-electron chi connectivity index (χ4n) is 4.49. The molecule has 0 unspecified atom stereocenters. The summed E-state index contributed by atoms with van der Waals surface area (Å²) in [5, 5.41) is 0. The van der Waals surface area contributed by atoms with Crippen LogP contribution in [0.2, 0.25) is 0 Å². The van der Waals surface area contributed by atoms with Crippen LogP contribution in [0.5, 0.6) is 11.5 Å². The number of carbonyl (C=O) groups is 2. The van der Waals surface area contributed by atoms with Crippen molar-refractivity contribution in [3.05, 3.63) is 77.6 Å². The van der Waals surface area contributed by atoms with Crippen LogP contribution >= 0.6 is 0 Å². The fraction of sp³-hybridized carbons (Fsp3) is 0.308. The van der Waals surface area contributed by atoms with E-state index < -0.39 is 6.10 Å². The maximum Gasteiger partial charge on any atom is 0.267 e. The molecule has 2 amide bonds. The molecule has 0 spiro atoms. The Morgan fingerprint density at radius 3 is 2.06 bits per heavy atom. The summed E-state index contributed by atoms with van der Waals surface area (Å²) in [6.45, 7) is 6.27. The quantitative estimate of drug-likeness (QED) is 0.621. The van der Waals surface area contributed by atoms with E-state index >= 15 is 0 Å². The van der Waals surface area contributed by atoms with Crippen LogP contribution in [-0.4, -0.2) is 65.1 Å². The van der Waals surface area contributed by atoms with Crippen molar-refractivity contribution >= 4 is 11.8 Å². The monoisotopic (exact) mass is 445 g/mol. The van der Waals surface area contributed by atoms with Gasteiger partial charge in [-0.1, -0.05) is 12.1 Å². The first-order chi connectivity index (χ1) is 16.0. The Morgan fingerprint density at radius 2 is 1.39 bits per heavy atom. The lowest BCUT2D eigenvalue weighted by Crippen LogP contribution is -2.55. The number of aryl methyl sites for hydroxylation is 2. The van der Waals surface area contributed by atoms with Gasteiger partial charge in [-0.3, -0.25) is 9.59 Å². The SMILES string of the molecule is Cc1ccc(C)n1-c1ccc(C(=O)N2CCN(C(=O)[C@@H]3COc4ccccc4O3)CC2)cc1. The Bertz CT molecular complexity index is 1160. The summed E-state index contributed by atoms with van der Waals surface area (Å²) >= 11 is 0. The van der Waals surface area contributed by atoms with Gasteiger partial charge in [0, 0.05) is 48.8 Å². The topological polar surface area (TPSA) is 64.0 Å². The lowest BCUT2D eigenvalue weighted by atomic mass is 10.1. The summed E-state index contributed by atoms with van der Waals surface area (Å²) in [5.41, 5.74) is 4.01. The van der Waals surface area contributed by atoms with Crippen LogP contribution in [0.4, 0.5) is 0 Å². The molecule has 7 heteroatoms. The average molecular weight is 446 g/mol. The molecule has 0 aliphatic carbocycles. The third kappa shape index (κ3) is 4.06. The van der Waals surface area contributed by atoms with Crippen molar-refractivity contribution < 1.29 is 19.1 Å². The number of para-hydroxylation sites is 2. The minimum absolute atomic E-state index is 0.0132. The second kappa shape index (κ2) is 8.65. The zero-order valence-corrected chi connectivity index (χ0v) is 18.9. The lowest BCUT2D eigenvalue weighted by molar-refractivity contribution is -0.142. The number of ether oxygens (including phenoxy) is 2. The molecular formula is C26H27N3O4. The van der Waals surface area contributed by atoms with Crippen molar-refractivity contribution in [2.45, 2.75) is 20.0 Å². The van der Waals surface area contributed by atoms with E-state index in [2.05, 4.69) is 30.5 Å². The van der Waals surface area contributed by atoms with Gasteiger partial charge in [0.1, 0.15) is 6.61 Å². The van der Waals surface area contributed by atoms with Crippen LogP contribution < -0.4 is 9.47 Å². The molecule has 3 aromatic rings. The number of nitrogens with zero attached hydrogens (tertiary/aromatic N) is 3. The van der Waals surface area contributed by atoms with Crippen LogP contribution in [-0.2, 0) is 4.79 Å². The standard InChI is InChI=1S/C26H27N3O4/c1-18-7-8-19(2)29(18)21-11-9-20(10-12-21)25(30)27-13-15-28(16-14-27)26(31)24-17-32-22-5-3-4-6-23(22)33-24/h3-12,24H,13-17H2,1-2H3/t24-/m0/s1. The number of aromatic nitrogens is 1. The molecule has 3 heterocycles. The maximum atomic E-state index is 13.0. The average Bonchev–Trinajstić information content (AvgIpc) is 3.20. The molecule has 1 atom stereocenters. The molecular weight excluding hydrogens is 418 g/mol. The van der Waals surface area contributed by atoms with Gasteiger partial charge < -0.3 is 23.8 Å². The Morgan fingerprint density at radius 1 is 0.788 bits per heavy atom. The third-order valence-corrected chi connectivity index (χ3v) is 6.31. The van der Waals surface area contributed by atoms with Gasteiger partial charge in [-0.2, -0.15) is 0 Å². The summed E-state index contributed by atoms with van der Waals surface area (Å²) in [4.78, 5) is 29.5. The number of carbonyl (C=O) groups excluding carboxylic acids is 2. The Labute approximate surface area is 193 Å². The van der Waals surface area contributed by atoms with Crippen LogP contribution in [0.15, 0.2) is 60.7 Å². The summed E-state index contributed by atoms with van der Waals surface area (Å²) in [5.74, 6) is 1.13. The molecule has 1 saturated heterocycles. The summed E-state index contributed by atoms with van der Waals surface area (Å²) in [6.07, 6.45) is -0.657. The number of hydrogen-bond donors (Lipinski definition) is 0. The highest BCUT2D eigenvalue weighted by Crippen LogP contribution is 2.31. The van der Waals surface area contributed by atoms with E-state index in [-0.39, 0.29) is 18.4 Å². The van der Waals surface area contributed by atoms with Gasteiger partial charge in [0.25, 0.3) is 11.8 Å². The van der Waals surface area contributed by atoms with E-state index in [1.807, 2.05) is 42.5 Å². The number of fused-ring (bicyclic) bond motifs is 1. The predicted molar refractivity (Wildman–Crippen MR) is 124 cm³/mol. The highest BCUT2D eigenvalue weighted by atomic mass is 16.6. The molecule has 2 aliphatic heterocycles. The lowest BCUT2D eigenvalue weighted by Gasteiger charge is -2.37. The van der Waals surface area contributed by atoms with Crippen molar-refractivity contribution in [3.63, 3.8) is 0 Å². The molecule has 33 heavy (non-hydrogen) atoms. The van der Waals surface area contributed by atoms with E-state index in [1.165, 1.54) is 0 Å². The summed E-state index contributed by atoms with van der Waals surface area (Å²) in [7, 11) is 0. The molecule has 7 nitrogen and oxygen atoms in total. The third-order valence-electron chi connectivity index (χ3n) is 6.31. The first-order valence-electron chi connectivity index (χ1n) is 11.2. The largest absolute Gasteiger partial charge is 0.485 e. The molecule has 1 aromatic heterocycles. The van der Waals surface area contributed by atoms with E-state index in [9.17, 15) is 9.59 Å². The van der Waals surface area contributed by atoms with E-state index in [4.69, 9.17) is 9.47 Å². The van der Waals surface area contributed by atoms with E-state index in [0.717, 1.165) is 17.1 Å². The molecule has 0 radical (unpaired) electrons. The second-order valence-electron chi connectivity index (χ2n) is 8.48. The fourth-order valence-corrected chi connectivity index (χ4v) is 4.49. The van der Waals surface area contributed by atoms with Crippen LogP contribution in [0.3, 0.4) is 0 Å². The molecule has 2 aromatic carbocycles.